The summed E-state index contributed by atoms with van der Waals surface area (Å²) in [6, 6.07) is 10.4. The summed E-state index contributed by atoms with van der Waals surface area (Å²) in [6.07, 6.45) is 1.14. The molecule has 8 heteroatoms. The molecule has 3 rings (SSSR count). The van der Waals surface area contributed by atoms with Crippen LogP contribution in [0.4, 0.5) is 14.5 Å². The minimum Gasteiger partial charge on any atom is -0.496 e. The molecule has 6 nitrogen and oxygen atoms in total. The monoisotopic (exact) mass is 431 g/mol. The van der Waals surface area contributed by atoms with Gasteiger partial charge in [0.05, 0.1) is 24.8 Å². The predicted octanol–water partition coefficient (Wildman–Crippen LogP) is 4.35. The van der Waals surface area contributed by atoms with Gasteiger partial charge in [-0.15, -0.1) is 0 Å². The highest BCUT2D eigenvalue weighted by Gasteiger charge is 2.68. The van der Waals surface area contributed by atoms with Crippen LogP contribution in [0.15, 0.2) is 46.5 Å². The van der Waals surface area contributed by atoms with Gasteiger partial charge < -0.3 is 19.6 Å². The number of benzene rings is 2. The fourth-order valence-electron chi connectivity index (χ4n) is 3.75. The Morgan fingerprint density at radius 1 is 1.19 bits per heavy atom. The molecule has 31 heavy (non-hydrogen) atoms. The molecule has 1 unspecified atom stereocenters. The summed E-state index contributed by atoms with van der Waals surface area (Å²) < 4.78 is 36.3. The van der Waals surface area contributed by atoms with Crippen LogP contribution in [-0.2, 0) is 16.4 Å². The summed E-state index contributed by atoms with van der Waals surface area (Å²) in [5.41, 5.74) is -1.23. The quantitative estimate of drug-likeness (QED) is 0.383. The number of aliphatic imine (C=N–C) groups is 1. The average molecular weight is 431 g/mol. The zero-order valence-electron chi connectivity index (χ0n) is 18.3. The van der Waals surface area contributed by atoms with Gasteiger partial charge in [0.1, 0.15) is 12.9 Å². The molecule has 2 aromatic rings. The highest BCUT2D eigenvalue weighted by Crippen LogP contribution is 2.64. The van der Waals surface area contributed by atoms with Crippen molar-refractivity contribution in [2.24, 2.45) is 10.1 Å². The normalized spacial score (nSPS) is 19.7. The Morgan fingerprint density at radius 2 is 1.87 bits per heavy atom. The van der Waals surface area contributed by atoms with Gasteiger partial charge in [-0.25, -0.2) is 4.99 Å². The lowest BCUT2D eigenvalue weighted by molar-refractivity contribution is -0.223. The van der Waals surface area contributed by atoms with E-state index in [1.807, 2.05) is 18.9 Å². The summed E-state index contributed by atoms with van der Waals surface area (Å²) >= 11 is 0. The summed E-state index contributed by atoms with van der Waals surface area (Å²) in [7, 11) is 4.56. The molecule has 0 fully saturated rings. The SMILES string of the molecule is CCN(C)/C=N/c1cc(OC)c2c(c1C)C(F)(F)C2(O)C/C(=N/OC)c1ccccc1. The van der Waals surface area contributed by atoms with Crippen LogP contribution >= 0.6 is 0 Å². The van der Waals surface area contributed by atoms with E-state index in [9.17, 15) is 5.11 Å². The second kappa shape index (κ2) is 8.63. The third-order valence-corrected chi connectivity index (χ3v) is 5.61. The molecule has 0 aromatic heterocycles. The van der Waals surface area contributed by atoms with E-state index in [1.165, 1.54) is 14.2 Å². The van der Waals surface area contributed by atoms with Gasteiger partial charge in [0.2, 0.25) is 0 Å². The Balaban J connectivity index is 2.10. The van der Waals surface area contributed by atoms with Gasteiger partial charge in [0.25, 0.3) is 0 Å². The first-order valence-electron chi connectivity index (χ1n) is 9.93. The maximum atomic E-state index is 15.5. The first kappa shape index (κ1) is 22.7. The van der Waals surface area contributed by atoms with Gasteiger partial charge in [-0.3, -0.25) is 0 Å². The summed E-state index contributed by atoms with van der Waals surface area (Å²) in [6.45, 7) is 4.25. The van der Waals surface area contributed by atoms with Crippen LogP contribution in [-0.4, -0.2) is 49.9 Å². The molecule has 0 aliphatic heterocycles. The molecule has 0 saturated heterocycles. The molecular formula is C23H27F2N3O3. The molecular weight excluding hydrogens is 404 g/mol. The lowest BCUT2D eigenvalue weighted by Gasteiger charge is -2.48. The molecule has 1 aliphatic carbocycles. The number of alkyl halides is 2. The highest BCUT2D eigenvalue weighted by molar-refractivity contribution is 6.01. The fourth-order valence-corrected chi connectivity index (χ4v) is 3.75. The van der Waals surface area contributed by atoms with E-state index in [0.29, 0.717) is 16.8 Å². The topological polar surface area (TPSA) is 66.7 Å². The average Bonchev–Trinajstić information content (AvgIpc) is 2.77. The Kier molecular flexibility index (Phi) is 6.31. The zero-order valence-corrected chi connectivity index (χ0v) is 18.3. The standard InChI is InChI=1S/C23H27F2N3O3/c1-6-28(3)14-26-17-12-19(30-4)21-20(15(17)2)23(24,25)22(21,29)13-18(27-31-5)16-10-8-7-9-11-16/h7-12,14,29H,6,13H2,1-5H3/b26-14+,27-18-. The Morgan fingerprint density at radius 3 is 2.45 bits per heavy atom. The smallest absolute Gasteiger partial charge is 0.306 e. The summed E-state index contributed by atoms with van der Waals surface area (Å²) in [4.78, 5) is 11.0. The number of fused-ring (bicyclic) bond motifs is 1. The molecule has 0 spiro atoms. The van der Waals surface area contributed by atoms with E-state index in [0.717, 1.165) is 6.54 Å². The number of rotatable bonds is 8. The van der Waals surface area contributed by atoms with Crippen molar-refractivity contribution in [2.45, 2.75) is 31.8 Å². The van der Waals surface area contributed by atoms with Gasteiger partial charge in [-0.05, 0) is 25.0 Å². The van der Waals surface area contributed by atoms with E-state index in [-0.39, 0.29) is 22.6 Å². The van der Waals surface area contributed by atoms with Crippen LogP contribution in [0.2, 0.25) is 0 Å². The number of nitrogens with zero attached hydrogens (tertiary/aromatic N) is 3. The van der Waals surface area contributed by atoms with Crippen LogP contribution in [0, 0.1) is 6.92 Å². The molecule has 0 saturated carbocycles. The maximum Gasteiger partial charge on any atom is 0.306 e. The first-order valence-corrected chi connectivity index (χ1v) is 9.93. The van der Waals surface area contributed by atoms with E-state index >= 15 is 8.78 Å². The molecule has 1 N–H and O–H groups in total. The molecule has 166 valence electrons. The van der Waals surface area contributed by atoms with Crippen molar-refractivity contribution < 1.29 is 23.5 Å². The van der Waals surface area contributed by atoms with Gasteiger partial charge in [0, 0.05) is 37.2 Å². The van der Waals surface area contributed by atoms with Gasteiger partial charge in [0.15, 0.2) is 5.60 Å². The van der Waals surface area contributed by atoms with Crippen LogP contribution < -0.4 is 4.74 Å². The molecule has 0 amide bonds. The third kappa shape index (κ3) is 3.76. The molecule has 0 bridgehead atoms. The van der Waals surface area contributed by atoms with Crippen LogP contribution in [0.25, 0.3) is 0 Å². The van der Waals surface area contributed by atoms with Crippen molar-refractivity contribution in [1.29, 1.82) is 0 Å². The summed E-state index contributed by atoms with van der Waals surface area (Å²) in [5.74, 6) is -3.37. The number of hydrogen-bond donors (Lipinski definition) is 1. The lowest BCUT2D eigenvalue weighted by atomic mass is 9.64. The third-order valence-electron chi connectivity index (χ3n) is 5.61. The van der Waals surface area contributed by atoms with E-state index in [1.54, 1.807) is 49.7 Å². The molecule has 1 atom stereocenters. The molecule has 0 heterocycles. The minimum absolute atomic E-state index is 0.0556. The number of hydrogen-bond acceptors (Lipinski definition) is 5. The maximum absolute atomic E-state index is 15.5. The second-order valence-corrected chi connectivity index (χ2v) is 7.49. The number of methoxy groups -OCH3 is 1. The number of aliphatic hydroxyl groups is 1. The van der Waals surface area contributed by atoms with E-state index in [4.69, 9.17) is 9.57 Å². The van der Waals surface area contributed by atoms with Gasteiger partial charge >= 0.3 is 5.92 Å². The molecule has 2 aromatic carbocycles. The lowest BCUT2D eigenvalue weighted by Crippen LogP contribution is -2.55. The van der Waals surface area contributed by atoms with Crippen molar-refractivity contribution in [3.8, 4) is 5.75 Å². The van der Waals surface area contributed by atoms with Crippen molar-refractivity contribution in [3.05, 3.63) is 58.7 Å². The van der Waals surface area contributed by atoms with Gasteiger partial charge in [-0.1, -0.05) is 35.5 Å². The Hall–Kier alpha value is -3.00. The van der Waals surface area contributed by atoms with E-state index < -0.39 is 17.9 Å². The largest absolute Gasteiger partial charge is 0.496 e. The fraction of sp³-hybridized carbons (Fsp3) is 0.391. The van der Waals surface area contributed by atoms with Gasteiger partial charge in [-0.2, -0.15) is 8.78 Å². The van der Waals surface area contributed by atoms with Crippen LogP contribution in [0.5, 0.6) is 5.75 Å². The van der Waals surface area contributed by atoms with Crippen LogP contribution in [0.1, 0.15) is 35.6 Å². The van der Waals surface area contributed by atoms with Crippen molar-refractivity contribution in [3.63, 3.8) is 0 Å². The van der Waals surface area contributed by atoms with Crippen molar-refractivity contribution in [1.82, 2.24) is 4.90 Å². The van der Waals surface area contributed by atoms with Crippen molar-refractivity contribution in [2.75, 3.05) is 27.8 Å². The van der Waals surface area contributed by atoms with Crippen molar-refractivity contribution >= 4 is 17.7 Å². The number of oxime groups is 1. The molecule has 0 radical (unpaired) electrons. The second-order valence-electron chi connectivity index (χ2n) is 7.49. The number of halogens is 2. The minimum atomic E-state index is -3.52. The predicted molar refractivity (Wildman–Crippen MR) is 117 cm³/mol. The van der Waals surface area contributed by atoms with Crippen LogP contribution in [0.3, 0.4) is 0 Å². The Labute approximate surface area is 180 Å². The molecule has 1 aliphatic rings. The Bertz CT molecular complexity index is 1010. The number of ether oxygens (including phenoxy) is 1. The zero-order chi connectivity index (χ0) is 22.8. The summed E-state index contributed by atoms with van der Waals surface area (Å²) in [5, 5.41) is 15.1. The highest BCUT2D eigenvalue weighted by atomic mass is 19.3. The van der Waals surface area contributed by atoms with E-state index in [2.05, 4.69) is 10.1 Å². The first-order chi connectivity index (χ1) is 14.7.